The van der Waals surface area contributed by atoms with Gasteiger partial charge >= 0.3 is 0 Å². The SMILES string of the molecule is CCCCCCCCCCN=C1N=C(N)N(Cc2ccccc2)C(C)(C)N1. The molecule has 0 atom stereocenters. The summed E-state index contributed by atoms with van der Waals surface area (Å²) in [5, 5.41) is 3.43. The Morgan fingerprint density at radius 3 is 2.26 bits per heavy atom. The first kappa shape index (κ1) is 21.3. The first-order valence-corrected chi connectivity index (χ1v) is 10.5. The van der Waals surface area contributed by atoms with E-state index in [0.717, 1.165) is 19.5 Å². The van der Waals surface area contributed by atoms with Gasteiger partial charge in [0, 0.05) is 13.1 Å². The van der Waals surface area contributed by atoms with Gasteiger partial charge in [0.1, 0.15) is 5.66 Å². The highest BCUT2D eigenvalue weighted by Gasteiger charge is 2.33. The molecule has 3 N–H and O–H groups in total. The molecule has 1 aliphatic heterocycles. The number of unbranched alkanes of at least 4 members (excludes halogenated alkanes) is 7. The van der Waals surface area contributed by atoms with Crippen molar-refractivity contribution in [2.24, 2.45) is 15.7 Å². The summed E-state index contributed by atoms with van der Waals surface area (Å²) in [6.45, 7) is 8.02. The van der Waals surface area contributed by atoms with Crippen LogP contribution in [-0.4, -0.2) is 29.0 Å². The molecule has 1 heterocycles. The van der Waals surface area contributed by atoms with E-state index >= 15 is 0 Å². The summed E-state index contributed by atoms with van der Waals surface area (Å²) < 4.78 is 0. The summed E-state index contributed by atoms with van der Waals surface area (Å²) >= 11 is 0. The van der Waals surface area contributed by atoms with Crippen LogP contribution in [0.15, 0.2) is 40.3 Å². The molecule has 0 saturated carbocycles. The summed E-state index contributed by atoms with van der Waals surface area (Å²) in [4.78, 5) is 11.2. The molecule has 5 heteroatoms. The van der Waals surface area contributed by atoms with Crippen molar-refractivity contribution in [2.75, 3.05) is 6.54 Å². The van der Waals surface area contributed by atoms with Gasteiger partial charge in [-0.3, -0.25) is 4.99 Å². The van der Waals surface area contributed by atoms with E-state index in [2.05, 4.69) is 53.1 Å². The highest BCUT2D eigenvalue weighted by atomic mass is 15.4. The topological polar surface area (TPSA) is 66.0 Å². The Morgan fingerprint density at radius 2 is 1.63 bits per heavy atom. The Bertz CT molecular complexity index is 606. The van der Waals surface area contributed by atoms with Crippen LogP contribution in [0.2, 0.25) is 0 Å². The van der Waals surface area contributed by atoms with Gasteiger partial charge in [-0.2, -0.15) is 4.99 Å². The van der Waals surface area contributed by atoms with E-state index in [9.17, 15) is 0 Å². The van der Waals surface area contributed by atoms with E-state index < -0.39 is 0 Å². The van der Waals surface area contributed by atoms with Crippen LogP contribution in [0.4, 0.5) is 0 Å². The Labute approximate surface area is 165 Å². The van der Waals surface area contributed by atoms with Gasteiger partial charge in [-0.25, -0.2) is 0 Å². The minimum atomic E-state index is -0.320. The van der Waals surface area contributed by atoms with Crippen molar-refractivity contribution in [2.45, 2.75) is 84.3 Å². The van der Waals surface area contributed by atoms with Crippen LogP contribution in [-0.2, 0) is 6.54 Å². The lowest BCUT2D eigenvalue weighted by molar-refractivity contribution is 0.178. The van der Waals surface area contributed by atoms with Crippen molar-refractivity contribution in [3.8, 4) is 0 Å². The van der Waals surface area contributed by atoms with Crippen LogP contribution in [0.5, 0.6) is 0 Å². The molecule has 1 aliphatic rings. The molecule has 0 bridgehead atoms. The fourth-order valence-electron chi connectivity index (χ4n) is 3.37. The van der Waals surface area contributed by atoms with Gasteiger partial charge in [0.2, 0.25) is 11.9 Å². The van der Waals surface area contributed by atoms with Crippen molar-refractivity contribution >= 4 is 11.9 Å². The zero-order chi connectivity index (χ0) is 19.5. The smallest absolute Gasteiger partial charge is 0.223 e. The summed E-state index contributed by atoms with van der Waals surface area (Å²) in [6, 6.07) is 10.3. The second kappa shape index (κ2) is 11.0. The monoisotopic (exact) mass is 371 g/mol. The second-order valence-corrected chi connectivity index (χ2v) is 7.91. The number of aliphatic imine (C=N–C) groups is 2. The highest BCUT2D eigenvalue weighted by Crippen LogP contribution is 2.18. The molecular weight excluding hydrogens is 334 g/mol. The van der Waals surface area contributed by atoms with Crippen molar-refractivity contribution in [1.29, 1.82) is 0 Å². The molecule has 0 radical (unpaired) electrons. The van der Waals surface area contributed by atoms with E-state index in [-0.39, 0.29) is 5.66 Å². The van der Waals surface area contributed by atoms with Gasteiger partial charge in [-0.05, 0) is 25.8 Å². The first-order chi connectivity index (χ1) is 13.0. The average Bonchev–Trinajstić information content (AvgIpc) is 2.64. The van der Waals surface area contributed by atoms with Crippen LogP contribution < -0.4 is 11.1 Å². The van der Waals surface area contributed by atoms with Crippen molar-refractivity contribution in [1.82, 2.24) is 10.2 Å². The third-order valence-electron chi connectivity index (χ3n) is 5.05. The van der Waals surface area contributed by atoms with Crippen molar-refractivity contribution in [3.63, 3.8) is 0 Å². The largest absolute Gasteiger partial charge is 0.369 e. The van der Waals surface area contributed by atoms with Gasteiger partial charge in [-0.1, -0.05) is 82.2 Å². The van der Waals surface area contributed by atoms with Gasteiger partial charge in [-0.15, -0.1) is 0 Å². The molecule has 0 fully saturated rings. The first-order valence-electron chi connectivity index (χ1n) is 10.5. The Hall–Kier alpha value is -2.04. The number of hydrogen-bond acceptors (Lipinski definition) is 3. The van der Waals surface area contributed by atoms with E-state index in [1.54, 1.807) is 0 Å². The zero-order valence-corrected chi connectivity index (χ0v) is 17.4. The Kier molecular flexibility index (Phi) is 8.62. The highest BCUT2D eigenvalue weighted by molar-refractivity contribution is 5.97. The molecule has 0 aromatic heterocycles. The Balaban J connectivity index is 1.79. The molecular formula is C22H37N5. The van der Waals surface area contributed by atoms with Crippen LogP contribution in [0, 0.1) is 0 Å². The van der Waals surface area contributed by atoms with E-state index in [1.165, 1.54) is 50.5 Å². The molecule has 5 nitrogen and oxygen atoms in total. The molecule has 150 valence electrons. The number of guanidine groups is 2. The lowest BCUT2D eigenvalue weighted by atomic mass is 10.1. The molecule has 0 saturated heterocycles. The molecule has 0 spiro atoms. The quantitative estimate of drug-likeness (QED) is 0.557. The lowest BCUT2D eigenvalue weighted by Gasteiger charge is -2.43. The fraction of sp³-hybridized carbons (Fsp3) is 0.636. The molecule has 2 rings (SSSR count). The average molecular weight is 372 g/mol. The Morgan fingerprint density at radius 1 is 1.00 bits per heavy atom. The van der Waals surface area contributed by atoms with Gasteiger partial charge < -0.3 is 16.0 Å². The van der Waals surface area contributed by atoms with Crippen LogP contribution in [0.3, 0.4) is 0 Å². The predicted molar refractivity (Wildman–Crippen MR) is 116 cm³/mol. The van der Waals surface area contributed by atoms with Crippen LogP contribution >= 0.6 is 0 Å². The number of nitrogens with one attached hydrogen (secondary N) is 1. The molecule has 0 amide bonds. The molecule has 1 aromatic carbocycles. The maximum atomic E-state index is 6.26. The van der Waals surface area contributed by atoms with Crippen LogP contribution in [0.1, 0.15) is 77.7 Å². The summed E-state index contributed by atoms with van der Waals surface area (Å²) in [7, 11) is 0. The van der Waals surface area contributed by atoms with Gasteiger partial charge in [0.15, 0.2) is 0 Å². The summed E-state index contributed by atoms with van der Waals surface area (Å²) in [5.74, 6) is 1.18. The van der Waals surface area contributed by atoms with Gasteiger partial charge in [0.05, 0.1) is 0 Å². The normalized spacial score (nSPS) is 17.7. The molecule has 1 aromatic rings. The van der Waals surface area contributed by atoms with E-state index in [4.69, 9.17) is 5.73 Å². The lowest BCUT2D eigenvalue weighted by Crippen LogP contribution is -2.63. The van der Waals surface area contributed by atoms with Crippen LogP contribution in [0.25, 0.3) is 0 Å². The number of nitrogens with zero attached hydrogens (tertiary/aromatic N) is 3. The van der Waals surface area contributed by atoms with E-state index in [0.29, 0.717) is 11.9 Å². The maximum Gasteiger partial charge on any atom is 0.223 e. The number of hydrogen-bond donors (Lipinski definition) is 2. The fourth-order valence-corrected chi connectivity index (χ4v) is 3.37. The van der Waals surface area contributed by atoms with Crippen molar-refractivity contribution < 1.29 is 0 Å². The zero-order valence-electron chi connectivity index (χ0n) is 17.4. The predicted octanol–water partition coefficient (Wildman–Crippen LogP) is 4.64. The second-order valence-electron chi connectivity index (χ2n) is 7.91. The molecule has 27 heavy (non-hydrogen) atoms. The third-order valence-corrected chi connectivity index (χ3v) is 5.05. The third kappa shape index (κ3) is 7.24. The number of rotatable bonds is 11. The number of benzene rings is 1. The molecule has 0 aliphatic carbocycles. The van der Waals surface area contributed by atoms with E-state index in [1.807, 2.05) is 18.2 Å². The van der Waals surface area contributed by atoms with Gasteiger partial charge in [0.25, 0.3) is 0 Å². The minimum absolute atomic E-state index is 0.320. The summed E-state index contributed by atoms with van der Waals surface area (Å²) in [5.41, 5.74) is 7.15. The maximum absolute atomic E-state index is 6.26. The minimum Gasteiger partial charge on any atom is -0.369 e. The standard InChI is InChI=1S/C22H37N5/c1-4-5-6-7-8-9-10-14-17-24-21-25-20(23)27(22(2,3)26-21)18-19-15-12-11-13-16-19/h11-13,15-16H,4-10,14,17-18H2,1-3H3,(H3,23,24,25,26). The summed E-state index contributed by atoms with van der Waals surface area (Å²) in [6.07, 6.45) is 10.4. The number of nitrogens with two attached hydrogens (primary N) is 1. The van der Waals surface area contributed by atoms with Crippen molar-refractivity contribution in [3.05, 3.63) is 35.9 Å². The molecule has 0 unspecified atom stereocenters.